The molecule has 1 aliphatic rings. The topological polar surface area (TPSA) is 54.0 Å². The van der Waals surface area contributed by atoms with Crippen molar-refractivity contribution in [3.63, 3.8) is 0 Å². The molecule has 1 fully saturated rings. The molecule has 1 heterocycles. The maximum Gasteiger partial charge on any atom is 0.238 e. The van der Waals surface area contributed by atoms with Crippen LogP contribution in [0.3, 0.4) is 0 Å². The number of anilines is 2. The van der Waals surface area contributed by atoms with Gasteiger partial charge in [0.15, 0.2) is 5.75 Å². The van der Waals surface area contributed by atoms with Crippen molar-refractivity contribution in [1.82, 2.24) is 4.90 Å². The number of rotatable bonds is 7. The van der Waals surface area contributed by atoms with E-state index < -0.39 is 0 Å². The first-order chi connectivity index (χ1) is 15.2. The monoisotopic (exact) mass is 417 g/mol. The molecule has 0 radical (unpaired) electrons. The summed E-state index contributed by atoms with van der Waals surface area (Å²) in [4.78, 5) is 17.2. The van der Waals surface area contributed by atoms with Gasteiger partial charge < -0.3 is 19.7 Å². The van der Waals surface area contributed by atoms with Crippen molar-refractivity contribution >= 4 is 17.3 Å². The minimum absolute atomic E-state index is 0.0398. The molecular formula is C25H27N3O3. The molecular weight excluding hydrogens is 390 g/mol. The minimum atomic E-state index is -0.0398. The summed E-state index contributed by atoms with van der Waals surface area (Å²) >= 11 is 0. The number of nitrogens with zero attached hydrogens (tertiary/aromatic N) is 2. The zero-order valence-electron chi connectivity index (χ0n) is 17.7. The molecule has 6 nitrogen and oxygen atoms in total. The van der Waals surface area contributed by atoms with Crippen molar-refractivity contribution in [2.24, 2.45) is 0 Å². The molecule has 0 atom stereocenters. The number of nitrogens with one attached hydrogen (secondary N) is 1. The average molecular weight is 418 g/mol. The summed E-state index contributed by atoms with van der Waals surface area (Å²) in [6.45, 7) is 3.79. The molecule has 0 unspecified atom stereocenters. The summed E-state index contributed by atoms with van der Waals surface area (Å²) in [5.41, 5.74) is 1.85. The lowest BCUT2D eigenvalue weighted by Gasteiger charge is -2.35. The molecule has 0 aliphatic carbocycles. The van der Waals surface area contributed by atoms with E-state index in [1.165, 1.54) is 5.69 Å². The molecule has 4 rings (SSSR count). The Labute approximate surface area is 183 Å². The molecule has 3 aromatic carbocycles. The van der Waals surface area contributed by atoms with Gasteiger partial charge in [0, 0.05) is 31.9 Å². The number of carbonyl (C=O) groups excluding carboxylic acids is 1. The smallest absolute Gasteiger partial charge is 0.238 e. The van der Waals surface area contributed by atoms with Gasteiger partial charge in [-0.05, 0) is 48.5 Å². The highest BCUT2D eigenvalue weighted by Gasteiger charge is 2.20. The second-order valence-corrected chi connectivity index (χ2v) is 7.42. The molecule has 0 aromatic heterocycles. The van der Waals surface area contributed by atoms with Crippen molar-refractivity contribution in [1.29, 1.82) is 0 Å². The van der Waals surface area contributed by atoms with Crippen LogP contribution in [0.15, 0.2) is 78.9 Å². The Balaban J connectivity index is 1.30. The van der Waals surface area contributed by atoms with Crippen LogP contribution in [0.4, 0.5) is 11.4 Å². The molecule has 31 heavy (non-hydrogen) atoms. The predicted octanol–water partition coefficient (Wildman–Crippen LogP) is 4.25. The van der Waals surface area contributed by atoms with Crippen LogP contribution in [0.5, 0.6) is 17.2 Å². The minimum Gasteiger partial charge on any atom is -0.497 e. The summed E-state index contributed by atoms with van der Waals surface area (Å²) in [7, 11) is 1.67. The van der Waals surface area contributed by atoms with Crippen LogP contribution < -0.4 is 19.7 Å². The predicted molar refractivity (Wildman–Crippen MR) is 123 cm³/mol. The molecule has 160 valence electrons. The Bertz CT molecular complexity index is 984. The van der Waals surface area contributed by atoms with E-state index in [2.05, 4.69) is 27.2 Å². The highest BCUT2D eigenvalue weighted by molar-refractivity contribution is 5.93. The Kier molecular flexibility index (Phi) is 6.69. The van der Waals surface area contributed by atoms with E-state index in [1.807, 2.05) is 66.7 Å². The van der Waals surface area contributed by atoms with Crippen LogP contribution in [-0.2, 0) is 4.79 Å². The number of methoxy groups -OCH3 is 1. The SMILES string of the molecule is COc1ccc(N2CCN(CC(=O)Nc3ccccc3Oc3ccccc3)CC2)cc1. The van der Waals surface area contributed by atoms with Gasteiger partial charge in [0.25, 0.3) is 0 Å². The first-order valence-electron chi connectivity index (χ1n) is 10.4. The molecule has 0 bridgehead atoms. The van der Waals surface area contributed by atoms with Gasteiger partial charge in [-0.2, -0.15) is 0 Å². The molecule has 1 amide bonds. The van der Waals surface area contributed by atoms with Gasteiger partial charge >= 0.3 is 0 Å². The van der Waals surface area contributed by atoms with Gasteiger partial charge in [0.05, 0.1) is 19.3 Å². The summed E-state index contributed by atoms with van der Waals surface area (Å²) in [6.07, 6.45) is 0. The van der Waals surface area contributed by atoms with Gasteiger partial charge in [0.2, 0.25) is 5.91 Å². The second kappa shape index (κ2) is 10.00. The van der Waals surface area contributed by atoms with Crippen LogP contribution in [0.1, 0.15) is 0 Å². The highest BCUT2D eigenvalue weighted by Crippen LogP contribution is 2.29. The van der Waals surface area contributed by atoms with E-state index in [0.29, 0.717) is 18.0 Å². The fraction of sp³-hybridized carbons (Fsp3) is 0.240. The normalized spacial score (nSPS) is 14.2. The molecule has 3 aromatic rings. The fourth-order valence-electron chi connectivity index (χ4n) is 3.62. The third-order valence-corrected chi connectivity index (χ3v) is 5.31. The Hall–Kier alpha value is -3.51. The molecule has 1 aliphatic heterocycles. The zero-order chi connectivity index (χ0) is 21.5. The Morgan fingerprint density at radius 2 is 1.52 bits per heavy atom. The molecule has 6 heteroatoms. The molecule has 0 saturated carbocycles. The van der Waals surface area contributed by atoms with E-state index in [9.17, 15) is 4.79 Å². The average Bonchev–Trinajstić information content (AvgIpc) is 2.82. The van der Waals surface area contributed by atoms with Gasteiger partial charge in [-0.1, -0.05) is 30.3 Å². The first-order valence-corrected chi connectivity index (χ1v) is 10.4. The third kappa shape index (κ3) is 5.55. The standard InChI is InChI=1S/C25H27N3O3/c1-30-21-13-11-20(12-14-21)28-17-15-27(16-18-28)19-25(29)26-23-9-5-6-10-24(23)31-22-7-3-2-4-8-22/h2-14H,15-19H2,1H3,(H,26,29). The number of hydrogen-bond acceptors (Lipinski definition) is 5. The number of benzene rings is 3. The lowest BCUT2D eigenvalue weighted by molar-refractivity contribution is -0.117. The van der Waals surface area contributed by atoms with Crippen LogP contribution >= 0.6 is 0 Å². The van der Waals surface area contributed by atoms with E-state index in [0.717, 1.165) is 37.7 Å². The largest absolute Gasteiger partial charge is 0.497 e. The quantitative estimate of drug-likeness (QED) is 0.623. The van der Waals surface area contributed by atoms with Crippen molar-refractivity contribution in [3.05, 3.63) is 78.9 Å². The number of para-hydroxylation sites is 3. The summed E-state index contributed by atoms with van der Waals surface area (Å²) in [6, 6.07) is 25.2. The van der Waals surface area contributed by atoms with Crippen molar-refractivity contribution < 1.29 is 14.3 Å². The molecule has 1 N–H and O–H groups in total. The van der Waals surface area contributed by atoms with Gasteiger partial charge in [0.1, 0.15) is 11.5 Å². The second-order valence-electron chi connectivity index (χ2n) is 7.42. The fourth-order valence-corrected chi connectivity index (χ4v) is 3.62. The van der Waals surface area contributed by atoms with Crippen molar-refractivity contribution in [2.75, 3.05) is 50.1 Å². The first kappa shape index (κ1) is 20.8. The molecule has 1 saturated heterocycles. The summed E-state index contributed by atoms with van der Waals surface area (Å²) in [5, 5.41) is 3.00. The number of carbonyl (C=O) groups is 1. The number of hydrogen-bond donors (Lipinski definition) is 1. The number of piperazine rings is 1. The van der Waals surface area contributed by atoms with Crippen LogP contribution in [-0.4, -0.2) is 50.6 Å². The van der Waals surface area contributed by atoms with Gasteiger partial charge in [-0.15, -0.1) is 0 Å². The van der Waals surface area contributed by atoms with Crippen LogP contribution in [0.25, 0.3) is 0 Å². The van der Waals surface area contributed by atoms with E-state index in [1.54, 1.807) is 7.11 Å². The van der Waals surface area contributed by atoms with E-state index in [4.69, 9.17) is 9.47 Å². The van der Waals surface area contributed by atoms with Gasteiger partial charge in [-0.3, -0.25) is 9.69 Å². The van der Waals surface area contributed by atoms with Gasteiger partial charge in [-0.25, -0.2) is 0 Å². The summed E-state index contributed by atoms with van der Waals surface area (Å²) in [5.74, 6) is 2.18. The maximum atomic E-state index is 12.7. The number of ether oxygens (including phenoxy) is 2. The molecule has 0 spiro atoms. The summed E-state index contributed by atoms with van der Waals surface area (Å²) < 4.78 is 11.2. The van der Waals surface area contributed by atoms with Crippen LogP contribution in [0, 0.1) is 0 Å². The van der Waals surface area contributed by atoms with Crippen molar-refractivity contribution in [3.8, 4) is 17.2 Å². The Morgan fingerprint density at radius 1 is 0.839 bits per heavy atom. The van der Waals surface area contributed by atoms with Crippen molar-refractivity contribution in [2.45, 2.75) is 0 Å². The highest BCUT2D eigenvalue weighted by atomic mass is 16.5. The van der Waals surface area contributed by atoms with Crippen LogP contribution in [0.2, 0.25) is 0 Å². The maximum absolute atomic E-state index is 12.7. The Morgan fingerprint density at radius 3 is 2.23 bits per heavy atom. The lowest BCUT2D eigenvalue weighted by Crippen LogP contribution is -2.48. The lowest BCUT2D eigenvalue weighted by atomic mass is 10.2. The number of amides is 1. The van der Waals surface area contributed by atoms with E-state index in [-0.39, 0.29) is 5.91 Å². The third-order valence-electron chi connectivity index (χ3n) is 5.31. The zero-order valence-corrected chi connectivity index (χ0v) is 17.7. The van der Waals surface area contributed by atoms with E-state index >= 15 is 0 Å².